The number of nitrogens with zero attached hydrogens (tertiary/aromatic N) is 1. The van der Waals surface area contributed by atoms with Gasteiger partial charge in [0, 0.05) is 18.0 Å². The van der Waals surface area contributed by atoms with Crippen LogP contribution in [0.2, 0.25) is 5.02 Å². The number of halogens is 3. The van der Waals surface area contributed by atoms with Gasteiger partial charge in [0.15, 0.2) is 0 Å². The highest BCUT2D eigenvalue weighted by Gasteiger charge is 2.16. The first kappa shape index (κ1) is 15.1. The van der Waals surface area contributed by atoms with Crippen molar-refractivity contribution in [3.05, 3.63) is 64.4 Å². The fourth-order valence-electron chi connectivity index (χ4n) is 2.12. The molecule has 0 saturated heterocycles. The number of hydrogen-bond acceptors (Lipinski definition) is 1. The average Bonchev–Trinajstić information content (AvgIpc) is 2.45. The Bertz CT molecular complexity index is 601. The van der Waals surface area contributed by atoms with E-state index in [9.17, 15) is 4.39 Å². The molecule has 4 heteroatoms. The Morgan fingerprint density at radius 2 is 1.95 bits per heavy atom. The second kappa shape index (κ2) is 6.47. The molecule has 0 fully saturated rings. The van der Waals surface area contributed by atoms with E-state index in [2.05, 4.69) is 0 Å². The molecule has 2 rings (SSSR count). The molecule has 1 atom stereocenters. The van der Waals surface area contributed by atoms with Crippen LogP contribution in [-0.4, -0.2) is 7.05 Å². The van der Waals surface area contributed by atoms with Crippen LogP contribution in [0, 0.1) is 5.82 Å². The zero-order valence-electron chi connectivity index (χ0n) is 11.4. The number of alkyl halides is 1. The Morgan fingerprint density at radius 3 is 2.55 bits per heavy atom. The summed E-state index contributed by atoms with van der Waals surface area (Å²) in [6.45, 7) is 2.01. The van der Waals surface area contributed by atoms with E-state index in [0.717, 1.165) is 11.1 Å². The summed E-state index contributed by atoms with van der Waals surface area (Å²) in [5.74, 6) is 0.0460. The molecule has 0 aromatic heterocycles. The summed E-state index contributed by atoms with van der Waals surface area (Å²) in [4.78, 5) is 1.89. The number of anilines is 1. The van der Waals surface area contributed by atoms with Crippen LogP contribution in [0.1, 0.15) is 24.1 Å². The van der Waals surface area contributed by atoms with E-state index < -0.39 is 0 Å². The molecule has 0 aliphatic rings. The SMILES string of the molecule is CC(c1cccc(Cl)c1)N(C)c1ccc(CCl)cc1F. The fraction of sp³-hybridized carbons (Fsp3) is 0.250. The minimum Gasteiger partial charge on any atom is -0.365 e. The van der Waals surface area contributed by atoms with Gasteiger partial charge >= 0.3 is 0 Å². The summed E-state index contributed by atoms with van der Waals surface area (Å²) in [6.07, 6.45) is 0. The minimum absolute atomic E-state index is 0.0186. The molecule has 0 saturated carbocycles. The topological polar surface area (TPSA) is 3.24 Å². The quantitative estimate of drug-likeness (QED) is 0.682. The lowest BCUT2D eigenvalue weighted by Crippen LogP contribution is -2.22. The summed E-state index contributed by atoms with van der Waals surface area (Å²) in [6, 6.07) is 12.7. The van der Waals surface area contributed by atoms with Crippen molar-refractivity contribution in [1.82, 2.24) is 0 Å². The Hall–Kier alpha value is -1.25. The molecule has 0 spiro atoms. The van der Waals surface area contributed by atoms with E-state index in [1.54, 1.807) is 6.07 Å². The van der Waals surface area contributed by atoms with Crippen LogP contribution >= 0.6 is 23.2 Å². The van der Waals surface area contributed by atoms with E-state index in [1.165, 1.54) is 6.07 Å². The van der Waals surface area contributed by atoms with E-state index >= 15 is 0 Å². The smallest absolute Gasteiger partial charge is 0.146 e. The standard InChI is InChI=1S/C16H16Cl2FN/c1-11(13-4-3-5-14(18)9-13)20(2)16-7-6-12(10-17)8-15(16)19/h3-9,11H,10H2,1-2H3. The number of benzene rings is 2. The average molecular weight is 312 g/mol. The molecule has 1 unspecified atom stereocenters. The van der Waals surface area contributed by atoms with Gasteiger partial charge in [-0.05, 0) is 42.3 Å². The summed E-state index contributed by atoms with van der Waals surface area (Å²) < 4.78 is 14.1. The third-order valence-corrected chi connectivity index (χ3v) is 4.00. The van der Waals surface area contributed by atoms with Crippen molar-refractivity contribution in [1.29, 1.82) is 0 Å². The maximum absolute atomic E-state index is 14.1. The molecule has 0 aliphatic carbocycles. The van der Waals surface area contributed by atoms with Gasteiger partial charge in [-0.2, -0.15) is 0 Å². The predicted octanol–water partition coefficient (Wildman–Crippen LogP) is 5.42. The summed E-state index contributed by atoms with van der Waals surface area (Å²) in [7, 11) is 1.87. The van der Waals surface area contributed by atoms with Crippen LogP contribution in [0.3, 0.4) is 0 Å². The van der Waals surface area contributed by atoms with Crippen LogP contribution < -0.4 is 4.90 Å². The van der Waals surface area contributed by atoms with Crippen molar-refractivity contribution in [3.63, 3.8) is 0 Å². The molecule has 2 aromatic carbocycles. The van der Waals surface area contributed by atoms with Crippen LogP contribution in [-0.2, 0) is 5.88 Å². The fourth-order valence-corrected chi connectivity index (χ4v) is 2.48. The van der Waals surface area contributed by atoms with Gasteiger partial charge in [0.05, 0.1) is 11.7 Å². The molecule has 1 nitrogen and oxygen atoms in total. The summed E-state index contributed by atoms with van der Waals surface area (Å²) in [5, 5.41) is 0.681. The maximum atomic E-state index is 14.1. The highest BCUT2D eigenvalue weighted by atomic mass is 35.5. The molecule has 0 aliphatic heterocycles. The monoisotopic (exact) mass is 311 g/mol. The van der Waals surface area contributed by atoms with Gasteiger partial charge in [-0.1, -0.05) is 29.8 Å². The van der Waals surface area contributed by atoms with Gasteiger partial charge in [0.25, 0.3) is 0 Å². The minimum atomic E-state index is -0.264. The zero-order valence-corrected chi connectivity index (χ0v) is 12.9. The van der Waals surface area contributed by atoms with Gasteiger partial charge in [-0.15, -0.1) is 11.6 Å². The highest BCUT2D eigenvalue weighted by Crippen LogP contribution is 2.29. The molecule has 106 valence electrons. The van der Waals surface area contributed by atoms with Crippen molar-refractivity contribution in [2.24, 2.45) is 0 Å². The first-order valence-electron chi connectivity index (χ1n) is 6.35. The Balaban J connectivity index is 2.28. The van der Waals surface area contributed by atoms with Gasteiger partial charge in [0.1, 0.15) is 5.82 Å². The molecule has 0 amide bonds. The van der Waals surface area contributed by atoms with E-state index in [0.29, 0.717) is 16.6 Å². The normalized spacial score (nSPS) is 12.2. The second-order valence-electron chi connectivity index (χ2n) is 4.76. The third kappa shape index (κ3) is 3.25. The van der Waals surface area contributed by atoms with Crippen LogP contribution in [0.4, 0.5) is 10.1 Å². The van der Waals surface area contributed by atoms with Gasteiger partial charge in [0.2, 0.25) is 0 Å². The van der Waals surface area contributed by atoms with Crippen molar-refractivity contribution in [3.8, 4) is 0 Å². The number of rotatable bonds is 4. The van der Waals surface area contributed by atoms with Crippen molar-refractivity contribution in [2.75, 3.05) is 11.9 Å². The Labute approximate surface area is 128 Å². The second-order valence-corrected chi connectivity index (χ2v) is 5.46. The predicted molar refractivity (Wildman–Crippen MR) is 84.2 cm³/mol. The lowest BCUT2D eigenvalue weighted by molar-refractivity contribution is 0.610. The van der Waals surface area contributed by atoms with Crippen molar-refractivity contribution >= 4 is 28.9 Å². The first-order chi connectivity index (χ1) is 9.52. The van der Waals surface area contributed by atoms with Crippen LogP contribution in [0.5, 0.6) is 0 Å². The molecule has 0 radical (unpaired) electrons. The number of hydrogen-bond donors (Lipinski definition) is 0. The summed E-state index contributed by atoms with van der Waals surface area (Å²) in [5.41, 5.74) is 2.36. The molecule has 0 heterocycles. The highest BCUT2D eigenvalue weighted by molar-refractivity contribution is 6.30. The van der Waals surface area contributed by atoms with E-state index in [-0.39, 0.29) is 11.9 Å². The molecule has 0 bridgehead atoms. The lowest BCUT2D eigenvalue weighted by atomic mass is 10.1. The van der Waals surface area contributed by atoms with Crippen molar-refractivity contribution < 1.29 is 4.39 Å². The van der Waals surface area contributed by atoms with Crippen LogP contribution in [0.25, 0.3) is 0 Å². The molecule has 2 aromatic rings. The van der Waals surface area contributed by atoms with Gasteiger partial charge in [-0.3, -0.25) is 0 Å². The summed E-state index contributed by atoms with van der Waals surface area (Å²) >= 11 is 11.7. The zero-order chi connectivity index (χ0) is 14.7. The molecule has 20 heavy (non-hydrogen) atoms. The maximum Gasteiger partial charge on any atom is 0.146 e. The van der Waals surface area contributed by atoms with E-state index in [1.807, 2.05) is 49.2 Å². The van der Waals surface area contributed by atoms with Gasteiger partial charge < -0.3 is 4.90 Å². The molecular weight excluding hydrogens is 296 g/mol. The first-order valence-corrected chi connectivity index (χ1v) is 7.27. The Morgan fingerprint density at radius 1 is 1.20 bits per heavy atom. The van der Waals surface area contributed by atoms with Gasteiger partial charge in [-0.25, -0.2) is 4.39 Å². The van der Waals surface area contributed by atoms with E-state index in [4.69, 9.17) is 23.2 Å². The van der Waals surface area contributed by atoms with Crippen molar-refractivity contribution in [2.45, 2.75) is 18.8 Å². The largest absolute Gasteiger partial charge is 0.365 e. The van der Waals surface area contributed by atoms with Crippen LogP contribution in [0.15, 0.2) is 42.5 Å². The Kier molecular flexibility index (Phi) is 4.90. The molecule has 0 N–H and O–H groups in total. The lowest BCUT2D eigenvalue weighted by Gasteiger charge is -2.28. The molecular formula is C16H16Cl2FN. The third-order valence-electron chi connectivity index (χ3n) is 3.46.